The maximum atomic E-state index is 13.3. The summed E-state index contributed by atoms with van der Waals surface area (Å²) in [6.07, 6.45) is -73.4. The van der Waals surface area contributed by atoms with E-state index in [1.165, 1.54) is 0 Å². The zero-order chi connectivity index (χ0) is 74.1. The van der Waals surface area contributed by atoms with Gasteiger partial charge in [-0.3, -0.25) is 41.0 Å². The first-order valence-corrected chi connectivity index (χ1v) is 37.0. The molecular formula is C33H54O55S9. The van der Waals surface area contributed by atoms with Crippen molar-refractivity contribution in [3.8, 4) is 0 Å². The van der Waals surface area contributed by atoms with Crippen LogP contribution in [0.4, 0.5) is 0 Å². The fraction of sp³-hybridized carbons (Fsp3) is 0.939. The smallest absolute Gasteiger partial charge is 0.397 e. The lowest BCUT2D eigenvalue weighted by Gasteiger charge is -2.50. The Hall–Kier alpha value is -2.83. The van der Waals surface area contributed by atoms with Crippen LogP contribution in [-0.4, -0.2) is 349 Å². The molecule has 5 rings (SSSR count). The van der Waals surface area contributed by atoms with Gasteiger partial charge in [0, 0.05) is 21.3 Å². The molecule has 0 aromatic heterocycles. The molecule has 0 unspecified atom stereocenters. The Balaban J connectivity index is 1.67. The highest BCUT2D eigenvalue weighted by Gasteiger charge is 2.63. The molecule has 0 saturated carbocycles. The van der Waals surface area contributed by atoms with E-state index in [4.69, 9.17) is 61.4 Å². The second kappa shape index (κ2) is 32.5. The molecule has 0 radical (unpaired) electrons. The Morgan fingerprint density at radius 2 is 0.567 bits per heavy atom. The SMILES string of the molecule is CO[C@H]1O[C@H](COS(=O)(=O)O)[C@@H](O[C@@H]2O[C@@H](C(=O)O)[C@@H](O[C@H]3O[C@H](COS(=O)(=O)O)[C@@H](O[C@@H]4O[C@H](C(=O)O)[C@@H](O[C@H]5O[C@H](COS(=O)(=O)O)[C@@H](O)[C@H](O)[C@H]5OS(=O)(=O)O)[C@H](OC)[C@H]4O)[C@H](OS(=O)(=O)O)[C@H]3OS(=O)(=O)O)[C@H](OC)[C@H]2OS(=O)(=O)O)[C@H](OS(=O)(=O)O)[C@H]1OS(=O)(=O)O. The van der Waals surface area contributed by atoms with Crippen LogP contribution in [0.15, 0.2) is 0 Å². The molecule has 55 nitrogen and oxygen atoms in total. The summed E-state index contributed by atoms with van der Waals surface area (Å²) in [5.74, 6) is -4.90. The summed E-state index contributed by atoms with van der Waals surface area (Å²) >= 11 is 0. The second-order valence-corrected chi connectivity index (χ2v) is 28.8. The van der Waals surface area contributed by atoms with Gasteiger partial charge < -0.3 is 82.4 Å². The number of methoxy groups -OCH3 is 3. The zero-order valence-corrected chi connectivity index (χ0v) is 54.6. The number of ether oxygens (including phenoxy) is 12. The van der Waals surface area contributed by atoms with Crippen molar-refractivity contribution in [3.63, 3.8) is 0 Å². The lowest BCUT2D eigenvalue weighted by molar-refractivity contribution is -0.384. The van der Waals surface area contributed by atoms with E-state index in [-0.39, 0.29) is 0 Å². The fourth-order valence-electron chi connectivity index (χ4n) is 9.45. The van der Waals surface area contributed by atoms with E-state index in [1.807, 2.05) is 0 Å². The lowest BCUT2D eigenvalue weighted by atomic mass is 9.95. The molecule has 0 aromatic carbocycles. The summed E-state index contributed by atoms with van der Waals surface area (Å²) in [6.45, 7) is -5.30. The van der Waals surface area contributed by atoms with Crippen LogP contribution in [0.1, 0.15) is 0 Å². The van der Waals surface area contributed by atoms with Gasteiger partial charge in [0.1, 0.15) is 85.5 Å². The van der Waals surface area contributed by atoms with Gasteiger partial charge >= 0.3 is 106 Å². The lowest BCUT2D eigenvalue weighted by Crippen LogP contribution is -2.70. The quantitative estimate of drug-likeness (QED) is 0.0266. The summed E-state index contributed by atoms with van der Waals surface area (Å²) in [4.78, 5) is 26.3. The fourth-order valence-corrected chi connectivity index (χ4v) is 13.3. The summed E-state index contributed by atoms with van der Waals surface area (Å²) in [5, 5.41) is 54.2. The first-order valence-electron chi connectivity index (χ1n) is 24.7. The number of aliphatic hydroxyl groups is 3. The van der Waals surface area contributed by atoms with Gasteiger partial charge in [-0.05, 0) is 0 Å². The molecule has 64 heteroatoms. The van der Waals surface area contributed by atoms with Crippen molar-refractivity contribution in [3.05, 3.63) is 0 Å². The van der Waals surface area contributed by atoms with E-state index in [1.54, 1.807) is 0 Å². The maximum absolute atomic E-state index is 13.3. The normalized spacial score (nSPS) is 37.2. The Labute approximate surface area is 544 Å². The number of carboxylic acid groups (broad SMARTS) is 2. The largest absolute Gasteiger partial charge is 0.479 e. The molecule has 97 heavy (non-hydrogen) atoms. The van der Waals surface area contributed by atoms with Gasteiger partial charge in [0.25, 0.3) is 0 Å². The van der Waals surface area contributed by atoms with E-state index in [0.717, 1.165) is 0 Å². The van der Waals surface area contributed by atoms with Crippen LogP contribution in [-0.2, 0) is 198 Å². The molecule has 0 spiro atoms. The predicted octanol–water partition coefficient (Wildman–Crippen LogP) is -11.3. The van der Waals surface area contributed by atoms with Crippen LogP contribution in [0.2, 0.25) is 0 Å². The van der Waals surface area contributed by atoms with Crippen LogP contribution in [0.3, 0.4) is 0 Å². The molecule has 5 fully saturated rings. The number of aliphatic hydroxyl groups excluding tert-OH is 3. The van der Waals surface area contributed by atoms with Crippen molar-refractivity contribution < 1.29 is 246 Å². The monoisotopic (exact) mass is 1620 g/mol. The molecule has 570 valence electrons. The number of hydrogen-bond donors (Lipinski definition) is 14. The summed E-state index contributed by atoms with van der Waals surface area (Å²) in [6, 6.07) is 0. The van der Waals surface area contributed by atoms with Crippen LogP contribution in [0.25, 0.3) is 0 Å². The molecule has 5 aliphatic rings. The third-order valence-corrected chi connectivity index (χ3v) is 16.9. The second-order valence-electron chi connectivity index (χ2n) is 19.2. The number of hydrogen-bond acceptors (Lipinski definition) is 44. The van der Waals surface area contributed by atoms with E-state index in [2.05, 4.69) is 37.6 Å². The van der Waals surface area contributed by atoms with Crippen molar-refractivity contribution in [2.24, 2.45) is 0 Å². The highest BCUT2D eigenvalue weighted by molar-refractivity contribution is 7.82. The third kappa shape index (κ3) is 25.2. The predicted molar refractivity (Wildman–Crippen MR) is 276 cm³/mol. The molecule has 5 saturated heterocycles. The average molecular weight is 1620 g/mol. The zero-order valence-electron chi connectivity index (χ0n) is 47.2. The van der Waals surface area contributed by atoms with Gasteiger partial charge in [-0.25, -0.2) is 47.2 Å². The van der Waals surface area contributed by atoms with Gasteiger partial charge in [0.05, 0.1) is 19.8 Å². The van der Waals surface area contributed by atoms with Crippen molar-refractivity contribution in [1.29, 1.82) is 0 Å². The minimum Gasteiger partial charge on any atom is -0.479 e. The van der Waals surface area contributed by atoms with E-state index in [0.29, 0.717) is 21.3 Å². The number of rotatable bonds is 34. The minimum absolute atomic E-state index is 0.396. The van der Waals surface area contributed by atoms with Crippen LogP contribution in [0.5, 0.6) is 0 Å². The highest BCUT2D eigenvalue weighted by atomic mass is 32.3. The molecule has 0 aliphatic carbocycles. The van der Waals surface area contributed by atoms with Crippen LogP contribution >= 0.6 is 0 Å². The third-order valence-electron chi connectivity index (χ3n) is 12.8. The van der Waals surface area contributed by atoms with Crippen molar-refractivity contribution in [2.75, 3.05) is 41.2 Å². The summed E-state index contributed by atoms with van der Waals surface area (Å²) in [5.41, 5.74) is 0. The molecular weight excluding hydrogens is 1560 g/mol. The van der Waals surface area contributed by atoms with Gasteiger partial charge in [0.15, 0.2) is 68.1 Å². The first kappa shape index (κ1) is 84.8. The molecule has 5 heterocycles. The molecule has 14 N–H and O–H groups in total. The van der Waals surface area contributed by atoms with Crippen molar-refractivity contribution >= 4 is 106 Å². The van der Waals surface area contributed by atoms with E-state index >= 15 is 0 Å². The number of carboxylic acids is 2. The van der Waals surface area contributed by atoms with Crippen molar-refractivity contribution in [1.82, 2.24) is 0 Å². The van der Waals surface area contributed by atoms with Gasteiger partial charge in [0.2, 0.25) is 0 Å². The van der Waals surface area contributed by atoms with Gasteiger partial charge in [-0.15, -0.1) is 0 Å². The average Bonchev–Trinajstić information content (AvgIpc) is 0.761. The van der Waals surface area contributed by atoms with Gasteiger partial charge in [-0.1, -0.05) is 0 Å². The number of carbonyl (C=O) groups is 2. The Morgan fingerprint density at radius 1 is 0.289 bits per heavy atom. The van der Waals surface area contributed by atoms with E-state index < -0.39 is 279 Å². The van der Waals surface area contributed by atoms with Crippen LogP contribution in [0, 0.1) is 0 Å². The standard InChI is InChI=1S/C33H54O55S9/c1-68-15-12(36)29(81-22(27(37)38)18(15)79-31-16(83-92(50,51)52)11(35)10(34)7(74-31)4-71-89(41,42)43)77-13-9(6-73-91(47,48)49)76-32(26(88-97(65,66)67)21(13)85-94(56,57)58)80-19-17(69-2)24(86-95(59,60)61)33(82-23(19)28(39)40)78-14-8(5-72-90(44,45)46)75-30(70-3)25(87-96(62,63)64)20(14)84-93(53,54)55/h7-26,29-36H,4-6H2,1-3H3,(H,37,38)(H,39,40)(H,41,42,43)(H,44,45,46)(H,47,48,49)(H,50,51,52)(H,53,54,55)(H,56,57,58)(H,59,60,61)(H,62,63,64)(H,65,66,67)/t7-,8-,9-,10-,11+,12-,13-,14-,15-,16-,17+,18+,19+,20+,21+,22+,23-,24-,25-,26-,29-,30+,31-,32-,33-/m1/s1. The highest BCUT2D eigenvalue weighted by Crippen LogP contribution is 2.41. The number of aliphatic carboxylic acids is 2. The molecule has 0 amide bonds. The van der Waals surface area contributed by atoms with Crippen LogP contribution < -0.4 is 0 Å². The minimum atomic E-state index is -6.42. The summed E-state index contributed by atoms with van der Waals surface area (Å²) in [7, 11) is -52.6. The molecule has 0 aromatic rings. The molecule has 5 aliphatic heterocycles. The van der Waals surface area contributed by atoms with Crippen molar-refractivity contribution in [2.45, 2.75) is 154 Å². The topological polar surface area (TPSA) is 818 Å². The maximum Gasteiger partial charge on any atom is 0.397 e. The first-order chi connectivity index (χ1) is 43.9. The molecule has 25 atom stereocenters. The Bertz CT molecular complexity index is 3790. The molecule has 0 bridgehead atoms. The summed E-state index contributed by atoms with van der Waals surface area (Å²) < 4.78 is 409. The van der Waals surface area contributed by atoms with E-state index in [9.17, 15) is 147 Å². The Kier molecular flexibility index (Phi) is 28.4. The Morgan fingerprint density at radius 3 is 0.928 bits per heavy atom. The van der Waals surface area contributed by atoms with Gasteiger partial charge in [-0.2, -0.15) is 75.8 Å².